The maximum absolute atomic E-state index is 14.9. The van der Waals surface area contributed by atoms with Gasteiger partial charge in [0, 0.05) is 5.56 Å². The Balaban J connectivity index is 1.48. The van der Waals surface area contributed by atoms with Crippen LogP contribution in [0.3, 0.4) is 0 Å². The molecule has 0 bridgehead atoms. The van der Waals surface area contributed by atoms with Gasteiger partial charge in [-0.3, -0.25) is 0 Å². The van der Waals surface area contributed by atoms with Crippen LogP contribution >= 0.6 is 11.6 Å². The molecule has 1 heterocycles. The van der Waals surface area contributed by atoms with Crippen molar-refractivity contribution in [1.82, 2.24) is 9.78 Å². The summed E-state index contributed by atoms with van der Waals surface area (Å²) >= 11 is 6.38. The van der Waals surface area contributed by atoms with Crippen LogP contribution < -0.4 is 9.47 Å². The predicted molar refractivity (Wildman–Crippen MR) is 121 cm³/mol. The molecule has 0 fully saturated rings. The zero-order valence-corrected chi connectivity index (χ0v) is 18.2. The highest BCUT2D eigenvalue weighted by Crippen LogP contribution is 2.31. The first-order chi connectivity index (χ1) is 15.6. The molecule has 0 saturated heterocycles. The minimum atomic E-state index is -0.500. The summed E-state index contributed by atoms with van der Waals surface area (Å²) in [5, 5.41) is 4.81. The van der Waals surface area contributed by atoms with E-state index in [1.165, 1.54) is 16.8 Å². The van der Waals surface area contributed by atoms with Crippen LogP contribution in [0, 0.1) is 11.6 Å². The van der Waals surface area contributed by atoms with Crippen LogP contribution in [-0.4, -0.2) is 23.0 Å². The SMILES string of the molecule is CCOc1c(F)c(-c2ccccc2)nn1CCOc1ccc(-c2ccc(F)cc2)cc1Cl. The first-order valence-electron chi connectivity index (χ1n) is 10.2. The van der Waals surface area contributed by atoms with E-state index in [1.807, 2.05) is 24.3 Å². The van der Waals surface area contributed by atoms with E-state index < -0.39 is 5.82 Å². The van der Waals surface area contributed by atoms with Crippen molar-refractivity contribution in [3.8, 4) is 34.0 Å². The Hall–Kier alpha value is -3.38. The summed E-state index contributed by atoms with van der Waals surface area (Å²) in [4.78, 5) is 0. The van der Waals surface area contributed by atoms with E-state index in [0.29, 0.717) is 22.9 Å². The molecule has 0 unspecified atom stereocenters. The molecule has 4 aromatic rings. The number of benzene rings is 3. The molecule has 1 aromatic heterocycles. The summed E-state index contributed by atoms with van der Waals surface area (Å²) in [5.41, 5.74) is 2.60. The van der Waals surface area contributed by atoms with Gasteiger partial charge in [-0.2, -0.15) is 9.49 Å². The molecule has 4 rings (SSSR count). The van der Waals surface area contributed by atoms with Crippen LogP contribution in [0.5, 0.6) is 11.6 Å². The van der Waals surface area contributed by atoms with Gasteiger partial charge >= 0.3 is 0 Å². The summed E-state index contributed by atoms with van der Waals surface area (Å²) in [6.45, 7) is 2.59. The first kappa shape index (κ1) is 21.8. The second kappa shape index (κ2) is 9.83. The highest BCUT2D eigenvalue weighted by molar-refractivity contribution is 6.32. The van der Waals surface area contributed by atoms with Crippen molar-refractivity contribution in [2.24, 2.45) is 0 Å². The number of ether oxygens (including phenoxy) is 2. The number of hydrogen-bond acceptors (Lipinski definition) is 3. The van der Waals surface area contributed by atoms with Gasteiger partial charge in [-0.1, -0.05) is 60.1 Å². The highest BCUT2D eigenvalue weighted by atomic mass is 35.5. The summed E-state index contributed by atoms with van der Waals surface area (Å²) in [6.07, 6.45) is 0. The van der Waals surface area contributed by atoms with E-state index in [2.05, 4.69) is 5.10 Å². The van der Waals surface area contributed by atoms with E-state index >= 15 is 0 Å². The zero-order valence-electron chi connectivity index (χ0n) is 17.4. The van der Waals surface area contributed by atoms with Gasteiger partial charge in [-0.25, -0.2) is 9.07 Å². The Morgan fingerprint density at radius 3 is 2.28 bits per heavy atom. The van der Waals surface area contributed by atoms with Gasteiger partial charge in [0.1, 0.15) is 23.9 Å². The minimum Gasteiger partial charge on any atom is -0.490 e. The van der Waals surface area contributed by atoms with E-state index in [4.69, 9.17) is 21.1 Å². The Bertz CT molecular complexity index is 1190. The standard InChI is InChI=1S/C25H21ClF2N2O2/c1-2-31-25-23(28)24(18-6-4-3-5-7-18)29-30(25)14-15-32-22-13-10-19(16-21(22)26)17-8-11-20(27)12-9-17/h3-13,16H,2,14-15H2,1H3. The number of aromatic nitrogens is 2. The lowest BCUT2D eigenvalue weighted by Gasteiger charge is -2.11. The number of halogens is 3. The van der Waals surface area contributed by atoms with Crippen molar-refractivity contribution in [1.29, 1.82) is 0 Å². The largest absolute Gasteiger partial charge is 0.490 e. The normalized spacial score (nSPS) is 10.9. The fraction of sp³-hybridized carbons (Fsp3) is 0.160. The molecule has 0 aliphatic heterocycles. The van der Waals surface area contributed by atoms with E-state index in [9.17, 15) is 8.78 Å². The summed E-state index contributed by atoms with van der Waals surface area (Å²) in [5.74, 6) is -0.226. The van der Waals surface area contributed by atoms with Crippen molar-refractivity contribution in [3.63, 3.8) is 0 Å². The van der Waals surface area contributed by atoms with Crippen LogP contribution in [0.2, 0.25) is 5.02 Å². The molecule has 0 N–H and O–H groups in total. The molecule has 4 nitrogen and oxygen atoms in total. The first-order valence-corrected chi connectivity index (χ1v) is 10.6. The maximum atomic E-state index is 14.9. The van der Waals surface area contributed by atoms with Gasteiger partial charge in [-0.15, -0.1) is 0 Å². The summed E-state index contributed by atoms with van der Waals surface area (Å²) in [6, 6.07) is 20.6. The molecule has 3 aromatic carbocycles. The highest BCUT2D eigenvalue weighted by Gasteiger charge is 2.20. The van der Waals surface area contributed by atoms with E-state index in [-0.39, 0.29) is 30.5 Å². The molecule has 0 aliphatic carbocycles. The molecule has 0 spiro atoms. The number of hydrogen-bond donors (Lipinski definition) is 0. The number of rotatable bonds is 8. The molecule has 0 amide bonds. The second-order valence-corrected chi connectivity index (χ2v) is 7.40. The summed E-state index contributed by atoms with van der Waals surface area (Å²) in [7, 11) is 0. The fourth-order valence-corrected chi connectivity index (χ4v) is 3.55. The quantitative estimate of drug-likeness (QED) is 0.300. The van der Waals surface area contributed by atoms with Gasteiger partial charge in [0.15, 0.2) is 0 Å². The lowest BCUT2D eigenvalue weighted by Crippen LogP contribution is -2.12. The Labute approximate surface area is 190 Å². The molecule has 32 heavy (non-hydrogen) atoms. The third-order valence-electron chi connectivity index (χ3n) is 4.85. The number of nitrogens with zero attached hydrogens (tertiary/aromatic N) is 2. The van der Waals surface area contributed by atoms with Crippen LogP contribution in [0.1, 0.15) is 6.92 Å². The molecule has 0 saturated carbocycles. The van der Waals surface area contributed by atoms with Crippen molar-refractivity contribution >= 4 is 11.6 Å². The molecule has 164 valence electrons. The summed E-state index contributed by atoms with van der Waals surface area (Å²) < 4.78 is 40.8. The van der Waals surface area contributed by atoms with Gasteiger partial charge in [0.2, 0.25) is 11.7 Å². The van der Waals surface area contributed by atoms with Gasteiger partial charge in [0.25, 0.3) is 0 Å². The van der Waals surface area contributed by atoms with Crippen molar-refractivity contribution in [3.05, 3.63) is 89.5 Å². The van der Waals surface area contributed by atoms with E-state index in [1.54, 1.807) is 43.3 Å². The Morgan fingerprint density at radius 2 is 1.59 bits per heavy atom. The van der Waals surface area contributed by atoms with E-state index in [0.717, 1.165) is 11.1 Å². The second-order valence-electron chi connectivity index (χ2n) is 6.99. The topological polar surface area (TPSA) is 36.3 Å². The molecule has 7 heteroatoms. The third-order valence-corrected chi connectivity index (χ3v) is 5.14. The van der Waals surface area contributed by atoms with Crippen LogP contribution in [0.25, 0.3) is 22.4 Å². The molecule has 0 radical (unpaired) electrons. The lowest BCUT2D eigenvalue weighted by atomic mass is 10.1. The Kier molecular flexibility index (Phi) is 6.71. The van der Waals surface area contributed by atoms with Gasteiger partial charge in [-0.05, 0) is 42.3 Å². The lowest BCUT2D eigenvalue weighted by molar-refractivity contribution is 0.253. The van der Waals surface area contributed by atoms with Crippen molar-refractivity contribution in [2.75, 3.05) is 13.2 Å². The van der Waals surface area contributed by atoms with Crippen molar-refractivity contribution < 1.29 is 18.3 Å². The fourth-order valence-electron chi connectivity index (χ4n) is 3.31. The monoisotopic (exact) mass is 454 g/mol. The molecular formula is C25H21ClF2N2O2. The maximum Gasteiger partial charge on any atom is 0.249 e. The van der Waals surface area contributed by atoms with Gasteiger partial charge in [0.05, 0.1) is 18.2 Å². The van der Waals surface area contributed by atoms with Gasteiger partial charge < -0.3 is 9.47 Å². The molecule has 0 aliphatic rings. The zero-order chi connectivity index (χ0) is 22.5. The third kappa shape index (κ3) is 4.75. The van der Waals surface area contributed by atoms with Crippen molar-refractivity contribution in [2.45, 2.75) is 13.5 Å². The van der Waals surface area contributed by atoms with Crippen LogP contribution in [0.4, 0.5) is 8.78 Å². The van der Waals surface area contributed by atoms with Crippen LogP contribution in [0.15, 0.2) is 72.8 Å². The molecular weight excluding hydrogens is 434 g/mol. The Morgan fingerprint density at radius 1 is 0.875 bits per heavy atom. The average molecular weight is 455 g/mol. The average Bonchev–Trinajstić information content (AvgIpc) is 3.11. The van der Waals surface area contributed by atoms with Crippen LogP contribution in [-0.2, 0) is 6.54 Å². The molecule has 0 atom stereocenters. The minimum absolute atomic E-state index is 0.0766. The smallest absolute Gasteiger partial charge is 0.249 e. The predicted octanol–water partition coefficient (Wildman–Crippen LogP) is 6.63.